The summed E-state index contributed by atoms with van der Waals surface area (Å²) in [5.41, 5.74) is 0. The van der Waals surface area contributed by atoms with Crippen molar-refractivity contribution in [3.8, 4) is 0 Å². The summed E-state index contributed by atoms with van der Waals surface area (Å²) < 4.78 is 26.5. The summed E-state index contributed by atoms with van der Waals surface area (Å²) in [6.45, 7) is 4.12. The van der Waals surface area contributed by atoms with Crippen LogP contribution in [0.2, 0.25) is 0 Å². The molecule has 2 rings (SSSR count). The van der Waals surface area contributed by atoms with Gasteiger partial charge < -0.3 is 5.32 Å². The highest BCUT2D eigenvalue weighted by Gasteiger charge is 2.20. The van der Waals surface area contributed by atoms with Crippen LogP contribution in [0, 0.1) is 12.8 Å². The van der Waals surface area contributed by atoms with Crippen LogP contribution in [-0.4, -0.2) is 32.2 Å². The minimum absolute atomic E-state index is 0.243. The van der Waals surface area contributed by atoms with Gasteiger partial charge in [-0.05, 0) is 38.8 Å². The molecule has 1 saturated heterocycles. The van der Waals surface area contributed by atoms with Gasteiger partial charge >= 0.3 is 0 Å². The van der Waals surface area contributed by atoms with E-state index in [4.69, 9.17) is 0 Å². The van der Waals surface area contributed by atoms with Gasteiger partial charge in [0.1, 0.15) is 0 Å². The Morgan fingerprint density at radius 3 is 2.83 bits per heavy atom. The number of thiazole rings is 1. The molecular formula is C11H19N3O2S2. The summed E-state index contributed by atoms with van der Waals surface area (Å²) >= 11 is 1.53. The maximum Gasteiger partial charge on any atom is 0.212 e. The number of sulfonamides is 1. The van der Waals surface area contributed by atoms with Gasteiger partial charge in [0.05, 0.1) is 10.8 Å². The van der Waals surface area contributed by atoms with Gasteiger partial charge in [0, 0.05) is 17.6 Å². The lowest BCUT2D eigenvalue weighted by Gasteiger charge is -2.22. The molecule has 0 radical (unpaired) electrons. The summed E-state index contributed by atoms with van der Waals surface area (Å²) in [4.78, 5) is 5.07. The highest BCUT2D eigenvalue weighted by molar-refractivity contribution is 7.89. The fourth-order valence-corrected chi connectivity index (χ4v) is 4.36. The van der Waals surface area contributed by atoms with E-state index in [1.165, 1.54) is 11.3 Å². The van der Waals surface area contributed by atoms with E-state index >= 15 is 0 Å². The van der Waals surface area contributed by atoms with E-state index in [-0.39, 0.29) is 11.7 Å². The van der Waals surface area contributed by atoms with Gasteiger partial charge in [0.2, 0.25) is 10.0 Å². The molecule has 0 unspecified atom stereocenters. The van der Waals surface area contributed by atoms with Gasteiger partial charge in [-0.3, -0.25) is 0 Å². The largest absolute Gasteiger partial charge is 0.317 e. The molecule has 1 fully saturated rings. The number of aromatic nitrogens is 1. The molecule has 0 atom stereocenters. The lowest BCUT2D eigenvalue weighted by molar-refractivity contribution is 0.400. The monoisotopic (exact) mass is 289 g/mol. The Balaban J connectivity index is 1.83. The van der Waals surface area contributed by atoms with Crippen molar-refractivity contribution >= 4 is 21.4 Å². The first-order chi connectivity index (χ1) is 8.55. The minimum Gasteiger partial charge on any atom is -0.317 e. The number of hydrogen-bond acceptors (Lipinski definition) is 5. The fourth-order valence-electron chi connectivity index (χ4n) is 2.09. The van der Waals surface area contributed by atoms with Crippen LogP contribution in [0.4, 0.5) is 0 Å². The molecule has 102 valence electrons. The summed E-state index contributed by atoms with van der Waals surface area (Å²) in [6.07, 6.45) is 3.62. The smallest absolute Gasteiger partial charge is 0.212 e. The number of piperidine rings is 1. The van der Waals surface area contributed by atoms with Crippen LogP contribution >= 0.6 is 11.3 Å². The van der Waals surface area contributed by atoms with Crippen molar-refractivity contribution < 1.29 is 8.42 Å². The zero-order valence-corrected chi connectivity index (χ0v) is 12.1. The molecule has 0 saturated carbocycles. The second kappa shape index (κ2) is 6.10. The molecule has 18 heavy (non-hydrogen) atoms. The number of rotatable bonds is 5. The minimum atomic E-state index is -3.17. The fraction of sp³-hybridized carbons (Fsp3) is 0.727. The lowest BCUT2D eigenvalue weighted by Crippen LogP contribution is -2.35. The average Bonchev–Trinajstić information content (AvgIpc) is 2.74. The van der Waals surface area contributed by atoms with Crippen LogP contribution in [-0.2, 0) is 16.6 Å². The van der Waals surface area contributed by atoms with Crippen LogP contribution in [0.1, 0.15) is 22.7 Å². The number of aryl methyl sites for hydroxylation is 1. The van der Waals surface area contributed by atoms with Gasteiger partial charge in [0.15, 0.2) is 0 Å². The van der Waals surface area contributed by atoms with Gasteiger partial charge in [-0.25, -0.2) is 18.1 Å². The number of nitrogens with zero attached hydrogens (tertiary/aromatic N) is 1. The molecule has 7 heteroatoms. The molecular weight excluding hydrogens is 270 g/mol. The highest BCUT2D eigenvalue weighted by atomic mass is 32.2. The Hall–Kier alpha value is -0.500. The molecule has 1 aromatic rings. The van der Waals surface area contributed by atoms with E-state index in [0.29, 0.717) is 6.54 Å². The average molecular weight is 289 g/mol. The third-order valence-corrected chi connectivity index (χ3v) is 5.46. The summed E-state index contributed by atoms with van der Waals surface area (Å²) in [6, 6.07) is 0. The topological polar surface area (TPSA) is 71.1 Å². The summed E-state index contributed by atoms with van der Waals surface area (Å²) in [5.74, 6) is 0.527. The number of hydrogen-bond donors (Lipinski definition) is 2. The normalized spacial score (nSPS) is 18.1. The number of nitrogens with one attached hydrogen (secondary N) is 2. The van der Waals surface area contributed by atoms with Crippen molar-refractivity contribution in [2.24, 2.45) is 5.92 Å². The molecule has 2 N–H and O–H groups in total. The lowest BCUT2D eigenvalue weighted by atomic mass is 10.0. The van der Waals surface area contributed by atoms with E-state index in [9.17, 15) is 8.42 Å². The van der Waals surface area contributed by atoms with E-state index in [0.717, 1.165) is 35.8 Å². The first-order valence-electron chi connectivity index (χ1n) is 6.14. The van der Waals surface area contributed by atoms with Crippen molar-refractivity contribution in [3.05, 3.63) is 16.1 Å². The van der Waals surface area contributed by atoms with Crippen LogP contribution in [0.15, 0.2) is 6.20 Å². The van der Waals surface area contributed by atoms with Crippen molar-refractivity contribution in [2.45, 2.75) is 26.3 Å². The third-order valence-electron chi connectivity index (χ3n) is 3.05. The van der Waals surface area contributed by atoms with E-state index in [1.54, 1.807) is 6.20 Å². The quantitative estimate of drug-likeness (QED) is 0.844. The molecule has 0 aromatic carbocycles. The summed E-state index contributed by atoms with van der Waals surface area (Å²) in [5, 5.41) is 4.20. The van der Waals surface area contributed by atoms with Gasteiger partial charge in [-0.15, -0.1) is 11.3 Å². The van der Waals surface area contributed by atoms with Crippen LogP contribution in [0.25, 0.3) is 0 Å². The SMILES string of the molecule is Cc1ncc(CNS(=O)(=O)CC2CCNCC2)s1. The van der Waals surface area contributed by atoms with E-state index < -0.39 is 10.0 Å². The predicted octanol–water partition coefficient (Wildman–Crippen LogP) is 0.871. The molecule has 0 spiro atoms. The van der Waals surface area contributed by atoms with Gasteiger partial charge in [-0.2, -0.15) is 0 Å². The maximum atomic E-state index is 11.9. The molecule has 5 nitrogen and oxygen atoms in total. The van der Waals surface area contributed by atoms with Crippen LogP contribution < -0.4 is 10.0 Å². The van der Waals surface area contributed by atoms with Gasteiger partial charge in [0.25, 0.3) is 0 Å². The zero-order chi connectivity index (χ0) is 13.0. The Bertz CT molecular complexity index is 478. The van der Waals surface area contributed by atoms with Crippen LogP contribution in [0.3, 0.4) is 0 Å². The standard InChI is InChI=1S/C11H19N3O2S2/c1-9-13-6-11(17-9)7-14-18(15,16)8-10-2-4-12-5-3-10/h6,10,12,14H,2-5,7-8H2,1H3. The Morgan fingerprint density at radius 2 is 2.22 bits per heavy atom. The van der Waals surface area contributed by atoms with E-state index in [1.807, 2.05) is 6.92 Å². The van der Waals surface area contributed by atoms with Crippen LogP contribution in [0.5, 0.6) is 0 Å². The Labute approximate surface area is 112 Å². The van der Waals surface area contributed by atoms with Gasteiger partial charge in [-0.1, -0.05) is 0 Å². The second-order valence-electron chi connectivity index (χ2n) is 4.64. The first-order valence-corrected chi connectivity index (χ1v) is 8.61. The molecule has 0 amide bonds. The van der Waals surface area contributed by atoms with E-state index in [2.05, 4.69) is 15.0 Å². The Kier molecular flexibility index (Phi) is 4.71. The summed E-state index contributed by atoms with van der Waals surface area (Å²) in [7, 11) is -3.17. The molecule has 2 heterocycles. The Morgan fingerprint density at radius 1 is 1.50 bits per heavy atom. The maximum absolute atomic E-state index is 11.9. The van der Waals surface area contributed by atoms with Crippen molar-refractivity contribution in [2.75, 3.05) is 18.8 Å². The second-order valence-corrected chi connectivity index (χ2v) is 7.81. The zero-order valence-electron chi connectivity index (χ0n) is 10.5. The van der Waals surface area contributed by atoms with Crippen molar-refractivity contribution in [3.63, 3.8) is 0 Å². The third kappa shape index (κ3) is 4.31. The highest BCUT2D eigenvalue weighted by Crippen LogP contribution is 2.15. The van der Waals surface area contributed by atoms with Crippen molar-refractivity contribution in [1.82, 2.24) is 15.0 Å². The van der Waals surface area contributed by atoms with Crippen molar-refractivity contribution in [1.29, 1.82) is 0 Å². The molecule has 0 bridgehead atoms. The molecule has 1 aromatic heterocycles. The predicted molar refractivity (Wildman–Crippen MR) is 73.1 cm³/mol. The molecule has 1 aliphatic rings. The first kappa shape index (κ1) is 13.9. The molecule has 1 aliphatic heterocycles. The molecule has 0 aliphatic carbocycles.